The number of thiazole rings is 1. The Hall–Kier alpha value is -2.45. The first kappa shape index (κ1) is 39.0. The van der Waals surface area contributed by atoms with Crippen LogP contribution in [0.15, 0.2) is 12.1 Å². The maximum absolute atomic E-state index is 13.8. The first-order chi connectivity index (χ1) is 21.2. The van der Waals surface area contributed by atoms with Gasteiger partial charge in [-0.2, -0.15) is 26.3 Å². The summed E-state index contributed by atoms with van der Waals surface area (Å²) >= 11 is 12.3. The monoisotopic (exact) mass is 750 g/mol. The molecule has 264 valence electrons. The van der Waals surface area contributed by atoms with Gasteiger partial charge in [0.2, 0.25) is 0 Å². The Morgan fingerprint density at radius 2 is 1.60 bits per heavy atom. The summed E-state index contributed by atoms with van der Waals surface area (Å²) in [6, 6.07) is 0.782. The second-order valence-electron chi connectivity index (χ2n) is 11.3. The SMILES string of the molecule is CC(C)(O)CNC(=O)c1nc(C(=O)N2CCC(F)(F)C2)c(-c2ccc(C(O)(C(F)(F)F)C(F)(F)F)c(Cl)c2Cl)s1.FC1(F)CCNC1. The van der Waals surface area contributed by atoms with Gasteiger partial charge in [-0.25, -0.2) is 22.5 Å². The minimum Gasteiger partial charge on any atom is -0.389 e. The highest BCUT2D eigenvalue weighted by molar-refractivity contribution is 7.17. The summed E-state index contributed by atoms with van der Waals surface area (Å²) in [7, 11) is 0. The van der Waals surface area contributed by atoms with Crippen molar-refractivity contribution in [2.45, 2.75) is 62.1 Å². The zero-order valence-corrected chi connectivity index (χ0v) is 26.5. The molecule has 2 saturated heterocycles. The van der Waals surface area contributed by atoms with Gasteiger partial charge in [-0.1, -0.05) is 35.3 Å². The second-order valence-corrected chi connectivity index (χ2v) is 13.1. The number of rotatable bonds is 6. The molecule has 4 rings (SSSR count). The maximum atomic E-state index is 13.8. The molecule has 0 bridgehead atoms. The molecule has 3 heterocycles. The van der Waals surface area contributed by atoms with Gasteiger partial charge in [-0.05, 0) is 13.8 Å². The van der Waals surface area contributed by atoms with E-state index in [1.165, 1.54) is 13.8 Å². The number of nitrogens with one attached hydrogen (secondary N) is 2. The third-order valence-corrected chi connectivity index (χ3v) is 8.72. The number of hydrogen-bond acceptors (Lipinski definition) is 7. The summed E-state index contributed by atoms with van der Waals surface area (Å²) in [6.07, 6.45) is -13.2. The average Bonchev–Trinajstić information content (AvgIpc) is 3.64. The minimum absolute atomic E-state index is 0.00694. The molecule has 4 N–H and O–H groups in total. The Morgan fingerprint density at radius 3 is 2.02 bits per heavy atom. The second kappa shape index (κ2) is 13.5. The zero-order valence-electron chi connectivity index (χ0n) is 24.2. The van der Waals surface area contributed by atoms with E-state index in [9.17, 15) is 63.7 Å². The van der Waals surface area contributed by atoms with Crippen molar-refractivity contribution in [3.05, 3.63) is 38.4 Å². The number of aromatic nitrogens is 1. The minimum atomic E-state index is -6.28. The number of amides is 2. The third-order valence-electron chi connectivity index (χ3n) is 6.75. The van der Waals surface area contributed by atoms with Crippen molar-refractivity contribution >= 4 is 46.4 Å². The van der Waals surface area contributed by atoms with Gasteiger partial charge in [-0.15, -0.1) is 11.3 Å². The number of alkyl halides is 10. The number of nitrogens with zero attached hydrogens (tertiary/aromatic N) is 2. The summed E-state index contributed by atoms with van der Waals surface area (Å²) in [4.78, 5) is 29.9. The van der Waals surface area contributed by atoms with E-state index in [0.29, 0.717) is 28.8 Å². The van der Waals surface area contributed by atoms with E-state index in [0.717, 1.165) is 0 Å². The van der Waals surface area contributed by atoms with Crippen molar-refractivity contribution in [3.63, 3.8) is 0 Å². The summed E-state index contributed by atoms with van der Waals surface area (Å²) in [5, 5.41) is 21.6. The van der Waals surface area contributed by atoms with Crippen LogP contribution in [0.1, 0.15) is 52.5 Å². The van der Waals surface area contributed by atoms with E-state index in [-0.39, 0.29) is 30.5 Å². The summed E-state index contributed by atoms with van der Waals surface area (Å²) in [5.74, 6) is -7.72. The van der Waals surface area contributed by atoms with Gasteiger partial charge in [0.05, 0.1) is 33.6 Å². The number of likely N-dealkylation sites (tertiary alicyclic amines) is 1. The molecule has 0 spiro atoms. The van der Waals surface area contributed by atoms with Gasteiger partial charge >= 0.3 is 12.4 Å². The number of carbonyl (C=O) groups excluding carboxylic acids is 2. The first-order valence-electron chi connectivity index (χ1n) is 13.3. The average molecular weight is 751 g/mol. The van der Waals surface area contributed by atoms with Crippen molar-refractivity contribution in [2.75, 3.05) is 32.7 Å². The van der Waals surface area contributed by atoms with Crippen LogP contribution >= 0.6 is 34.5 Å². The van der Waals surface area contributed by atoms with Gasteiger partial charge in [0.1, 0.15) is 5.69 Å². The molecular formula is C26H26Cl2F10N4O4S. The van der Waals surface area contributed by atoms with Crippen LogP contribution in [0.4, 0.5) is 43.9 Å². The molecule has 2 fully saturated rings. The van der Waals surface area contributed by atoms with Crippen molar-refractivity contribution in [2.24, 2.45) is 0 Å². The van der Waals surface area contributed by atoms with Gasteiger partial charge < -0.3 is 25.7 Å². The van der Waals surface area contributed by atoms with Crippen molar-refractivity contribution in [1.29, 1.82) is 0 Å². The molecule has 8 nitrogen and oxygen atoms in total. The zero-order chi connectivity index (χ0) is 36.0. The smallest absolute Gasteiger partial charge is 0.389 e. The molecule has 2 aliphatic heterocycles. The lowest BCUT2D eigenvalue weighted by Crippen LogP contribution is -2.54. The van der Waals surface area contributed by atoms with E-state index in [2.05, 4.69) is 15.6 Å². The Labute approximate surface area is 274 Å². The van der Waals surface area contributed by atoms with Gasteiger partial charge in [0.15, 0.2) is 5.01 Å². The molecule has 21 heteroatoms. The number of aliphatic hydroxyl groups is 2. The Morgan fingerprint density at radius 1 is 1.00 bits per heavy atom. The largest absolute Gasteiger partial charge is 0.430 e. The highest BCUT2D eigenvalue weighted by Crippen LogP contribution is 2.54. The molecule has 47 heavy (non-hydrogen) atoms. The molecule has 2 aromatic rings. The number of halogens is 12. The molecule has 0 aliphatic carbocycles. The molecule has 2 amide bonds. The molecule has 0 radical (unpaired) electrons. The van der Waals surface area contributed by atoms with Crippen LogP contribution in [0.2, 0.25) is 10.0 Å². The van der Waals surface area contributed by atoms with Crippen LogP contribution in [-0.4, -0.2) is 94.4 Å². The first-order valence-corrected chi connectivity index (χ1v) is 14.9. The van der Waals surface area contributed by atoms with E-state index >= 15 is 0 Å². The summed E-state index contributed by atoms with van der Waals surface area (Å²) < 4.78 is 132. The van der Waals surface area contributed by atoms with Gasteiger partial charge in [-0.3, -0.25) is 9.59 Å². The lowest BCUT2D eigenvalue weighted by molar-refractivity contribution is -0.376. The van der Waals surface area contributed by atoms with E-state index < -0.39 is 98.6 Å². The van der Waals surface area contributed by atoms with Crippen LogP contribution in [-0.2, 0) is 5.60 Å². The molecule has 0 saturated carbocycles. The van der Waals surface area contributed by atoms with E-state index in [1.807, 2.05) is 0 Å². The maximum Gasteiger partial charge on any atom is 0.430 e. The third kappa shape index (κ3) is 8.78. The Balaban J connectivity index is 0.000000756. The van der Waals surface area contributed by atoms with Crippen molar-refractivity contribution in [3.8, 4) is 10.4 Å². The Kier molecular flexibility index (Phi) is 11.2. The number of carbonyl (C=O) groups is 2. The predicted octanol–water partition coefficient (Wildman–Crippen LogP) is 6.03. The number of benzene rings is 1. The highest BCUT2D eigenvalue weighted by atomic mass is 35.5. The van der Waals surface area contributed by atoms with Crippen LogP contribution in [0.25, 0.3) is 10.4 Å². The lowest BCUT2D eigenvalue weighted by Gasteiger charge is -2.33. The van der Waals surface area contributed by atoms with Crippen LogP contribution in [0.5, 0.6) is 0 Å². The van der Waals surface area contributed by atoms with Crippen molar-refractivity contribution in [1.82, 2.24) is 20.5 Å². The molecular weight excluding hydrogens is 725 g/mol. The molecule has 1 aromatic carbocycles. The highest BCUT2D eigenvalue weighted by Gasteiger charge is 2.72. The standard InChI is InChI=1S/C22H19Cl2F8N3O4S.C4H7F2N/c1-18(2,38)7-33-15(36)16-34-13(17(37)35-6-5-19(25,26)8-35)14(40-16)9-3-4-10(12(24)11(9)23)20(39,21(27,28)29)22(30,31)32;5-4(6)1-2-7-3-4/h3-4,38-39H,5-8H2,1-2H3,(H,33,36);7H,1-3H2. The quantitative estimate of drug-likeness (QED) is 0.269. The summed E-state index contributed by atoms with van der Waals surface area (Å²) in [5.41, 5.74) is -9.77. The Bertz CT molecular complexity index is 1470. The van der Waals surface area contributed by atoms with Crippen LogP contribution < -0.4 is 10.6 Å². The van der Waals surface area contributed by atoms with Crippen LogP contribution in [0.3, 0.4) is 0 Å². The predicted molar refractivity (Wildman–Crippen MR) is 150 cm³/mol. The topological polar surface area (TPSA) is 115 Å². The van der Waals surface area contributed by atoms with Crippen LogP contribution in [0, 0.1) is 0 Å². The van der Waals surface area contributed by atoms with E-state index in [1.54, 1.807) is 0 Å². The molecule has 1 aromatic heterocycles. The number of hydrogen-bond donors (Lipinski definition) is 4. The molecule has 2 aliphatic rings. The van der Waals surface area contributed by atoms with Gasteiger partial charge in [0.25, 0.3) is 29.3 Å². The summed E-state index contributed by atoms with van der Waals surface area (Å²) in [6.45, 7) is 1.32. The normalized spacial score (nSPS) is 18.2. The fraction of sp³-hybridized carbons (Fsp3) is 0.577. The van der Waals surface area contributed by atoms with E-state index in [4.69, 9.17) is 23.2 Å². The lowest BCUT2D eigenvalue weighted by atomic mass is 9.91. The fourth-order valence-corrected chi connectivity index (χ4v) is 5.90. The molecule has 0 atom stereocenters. The van der Waals surface area contributed by atoms with Gasteiger partial charge in [0, 0.05) is 43.6 Å². The molecule has 0 unspecified atom stereocenters. The van der Waals surface area contributed by atoms with Crippen molar-refractivity contribution < 1.29 is 63.7 Å². The fourth-order valence-electron chi connectivity index (χ4n) is 4.28.